The third kappa shape index (κ3) is 3.92. The zero-order valence-corrected chi connectivity index (χ0v) is 22.0. The number of hydrogen-bond donors (Lipinski definition) is 0. The SMILES string of the molecule is CC1(C)OB(c2cnc3c(ccn3[C@H]3C[C@@](C)(O[Si](C)(C)C(C)(C)C)C3)c2)OC1(C)C. The van der Waals surface area contributed by atoms with Crippen molar-refractivity contribution in [2.45, 2.75) is 109 Å². The highest BCUT2D eigenvalue weighted by atomic mass is 28.4. The van der Waals surface area contributed by atoms with Crippen molar-refractivity contribution < 1.29 is 13.7 Å². The van der Waals surface area contributed by atoms with E-state index >= 15 is 0 Å². The minimum absolute atomic E-state index is 0.0348. The molecule has 4 rings (SSSR count). The quantitative estimate of drug-likeness (QED) is 0.591. The molecule has 2 aromatic heterocycles. The summed E-state index contributed by atoms with van der Waals surface area (Å²) < 4.78 is 21.5. The predicted octanol–water partition coefficient (Wildman–Crippen LogP) is 5.45. The lowest BCUT2D eigenvalue weighted by molar-refractivity contribution is -0.0377. The van der Waals surface area contributed by atoms with Gasteiger partial charge < -0.3 is 18.3 Å². The Kier molecular flexibility index (Phi) is 5.14. The van der Waals surface area contributed by atoms with Gasteiger partial charge >= 0.3 is 7.12 Å². The van der Waals surface area contributed by atoms with Crippen LogP contribution < -0.4 is 5.46 Å². The summed E-state index contributed by atoms with van der Waals surface area (Å²) >= 11 is 0. The van der Waals surface area contributed by atoms with Crippen LogP contribution in [0.1, 0.15) is 74.3 Å². The van der Waals surface area contributed by atoms with E-state index in [1.54, 1.807) is 0 Å². The molecule has 7 heteroatoms. The van der Waals surface area contributed by atoms with Crippen LogP contribution in [0.25, 0.3) is 11.0 Å². The molecule has 1 aliphatic carbocycles. The van der Waals surface area contributed by atoms with Crippen LogP contribution in [-0.4, -0.2) is 41.8 Å². The van der Waals surface area contributed by atoms with Crippen LogP contribution in [0.3, 0.4) is 0 Å². The molecule has 0 bridgehead atoms. The van der Waals surface area contributed by atoms with Gasteiger partial charge in [0.2, 0.25) is 0 Å². The van der Waals surface area contributed by atoms with E-state index in [1.807, 2.05) is 6.20 Å². The van der Waals surface area contributed by atoms with E-state index in [0.29, 0.717) is 6.04 Å². The van der Waals surface area contributed by atoms with Gasteiger partial charge in [-0.05, 0) is 77.7 Å². The molecule has 0 spiro atoms. The van der Waals surface area contributed by atoms with E-state index in [-0.39, 0.29) is 29.0 Å². The number of aromatic nitrogens is 2. The Hall–Kier alpha value is -1.15. The summed E-state index contributed by atoms with van der Waals surface area (Å²) in [5.74, 6) is 0. The first kappa shape index (κ1) is 23.0. The highest BCUT2D eigenvalue weighted by Gasteiger charge is 2.52. The second kappa shape index (κ2) is 6.92. The van der Waals surface area contributed by atoms with Crippen molar-refractivity contribution in [3.05, 3.63) is 24.5 Å². The number of nitrogens with zero attached hydrogens (tertiary/aromatic N) is 2. The fourth-order valence-electron chi connectivity index (χ4n) is 4.45. The molecule has 170 valence electrons. The van der Waals surface area contributed by atoms with Crippen LogP contribution in [0.4, 0.5) is 0 Å². The molecule has 2 fully saturated rings. The first-order valence-electron chi connectivity index (χ1n) is 11.6. The topological polar surface area (TPSA) is 45.5 Å². The Labute approximate surface area is 189 Å². The van der Waals surface area contributed by atoms with E-state index < -0.39 is 8.32 Å². The molecular weight excluding hydrogens is 403 g/mol. The summed E-state index contributed by atoms with van der Waals surface area (Å²) in [5.41, 5.74) is 1.27. The van der Waals surface area contributed by atoms with Gasteiger partial charge in [0, 0.05) is 29.3 Å². The highest BCUT2D eigenvalue weighted by molar-refractivity contribution is 6.74. The van der Waals surface area contributed by atoms with E-state index in [4.69, 9.17) is 18.7 Å². The molecular formula is C24H39BN2O3Si. The molecule has 1 saturated carbocycles. The van der Waals surface area contributed by atoms with Gasteiger partial charge in [-0.2, -0.15) is 0 Å². The van der Waals surface area contributed by atoms with Crippen LogP contribution in [0.2, 0.25) is 18.1 Å². The number of hydrogen-bond acceptors (Lipinski definition) is 4. The van der Waals surface area contributed by atoms with Gasteiger partial charge in [0.25, 0.3) is 0 Å². The lowest BCUT2D eigenvalue weighted by Crippen LogP contribution is -2.54. The molecule has 2 aromatic rings. The first-order valence-corrected chi connectivity index (χ1v) is 14.5. The number of fused-ring (bicyclic) bond motifs is 1. The largest absolute Gasteiger partial charge is 0.496 e. The van der Waals surface area contributed by atoms with Crippen molar-refractivity contribution in [1.29, 1.82) is 0 Å². The van der Waals surface area contributed by atoms with Gasteiger partial charge in [-0.1, -0.05) is 20.8 Å². The number of pyridine rings is 1. The first-order chi connectivity index (χ1) is 14.0. The standard InChI is InChI=1S/C24H39BN2O3Si/c1-21(2,3)31(9,10)30-24(8)14-19(15-24)27-12-11-17-13-18(16-26-20(17)27)25-28-22(4,5)23(6,7)29-25/h11-13,16,19H,14-15H2,1-10H3/t19-,24+. The van der Waals surface area contributed by atoms with Crippen molar-refractivity contribution in [3.63, 3.8) is 0 Å². The van der Waals surface area contributed by atoms with Gasteiger partial charge in [-0.3, -0.25) is 0 Å². The van der Waals surface area contributed by atoms with Crippen molar-refractivity contribution in [1.82, 2.24) is 9.55 Å². The summed E-state index contributed by atoms with van der Waals surface area (Å²) in [5, 5.41) is 1.36. The maximum atomic E-state index is 6.76. The zero-order valence-electron chi connectivity index (χ0n) is 21.0. The van der Waals surface area contributed by atoms with Crippen LogP contribution in [-0.2, 0) is 13.7 Å². The predicted molar refractivity (Wildman–Crippen MR) is 130 cm³/mol. The monoisotopic (exact) mass is 442 g/mol. The van der Waals surface area contributed by atoms with Gasteiger partial charge in [0.15, 0.2) is 8.32 Å². The second-order valence-corrected chi connectivity index (χ2v) is 17.1. The van der Waals surface area contributed by atoms with Crippen LogP contribution in [0.5, 0.6) is 0 Å². The molecule has 0 amide bonds. The Morgan fingerprint density at radius 2 is 1.68 bits per heavy atom. The minimum atomic E-state index is -1.78. The maximum absolute atomic E-state index is 6.76. The Morgan fingerprint density at radius 1 is 1.10 bits per heavy atom. The third-order valence-electron chi connectivity index (χ3n) is 8.14. The fourth-order valence-corrected chi connectivity index (χ4v) is 6.15. The van der Waals surface area contributed by atoms with Crippen LogP contribution in [0, 0.1) is 0 Å². The molecule has 2 aliphatic rings. The summed E-state index contributed by atoms with van der Waals surface area (Å²) in [6.45, 7) is 22.2. The molecule has 1 aliphatic heterocycles. The van der Waals surface area contributed by atoms with E-state index in [0.717, 1.165) is 29.3 Å². The average Bonchev–Trinajstić information content (AvgIpc) is 3.08. The lowest BCUT2D eigenvalue weighted by atomic mass is 9.77. The Bertz CT molecular complexity index is 970. The van der Waals surface area contributed by atoms with Gasteiger partial charge in [-0.25, -0.2) is 4.98 Å². The highest BCUT2D eigenvalue weighted by Crippen LogP contribution is 2.49. The van der Waals surface area contributed by atoms with Crippen molar-refractivity contribution in [2.75, 3.05) is 0 Å². The van der Waals surface area contributed by atoms with Crippen LogP contribution in [0.15, 0.2) is 24.5 Å². The molecule has 0 N–H and O–H groups in total. The van der Waals surface area contributed by atoms with Gasteiger partial charge in [-0.15, -0.1) is 0 Å². The number of rotatable bonds is 4. The Balaban J connectivity index is 1.49. The molecule has 3 heterocycles. The third-order valence-corrected chi connectivity index (χ3v) is 12.8. The molecule has 0 radical (unpaired) electrons. The van der Waals surface area contributed by atoms with E-state index in [2.05, 4.69) is 91.4 Å². The van der Waals surface area contributed by atoms with Crippen LogP contribution >= 0.6 is 0 Å². The van der Waals surface area contributed by atoms with E-state index in [1.165, 1.54) is 0 Å². The molecule has 0 unspecified atom stereocenters. The van der Waals surface area contributed by atoms with E-state index in [9.17, 15) is 0 Å². The molecule has 0 atom stereocenters. The molecule has 31 heavy (non-hydrogen) atoms. The molecule has 1 saturated heterocycles. The zero-order chi connectivity index (χ0) is 23.0. The fraction of sp³-hybridized carbons (Fsp3) is 0.708. The summed E-state index contributed by atoms with van der Waals surface area (Å²) in [7, 11) is -2.16. The van der Waals surface area contributed by atoms with Gasteiger partial charge in [0.05, 0.1) is 16.8 Å². The average molecular weight is 442 g/mol. The maximum Gasteiger partial charge on any atom is 0.496 e. The summed E-state index contributed by atoms with van der Waals surface area (Å²) in [4.78, 5) is 4.82. The smallest absolute Gasteiger partial charge is 0.411 e. The van der Waals surface area contributed by atoms with Gasteiger partial charge in [0.1, 0.15) is 5.65 Å². The Morgan fingerprint density at radius 3 is 2.23 bits per heavy atom. The molecule has 5 nitrogen and oxygen atoms in total. The summed E-state index contributed by atoms with van der Waals surface area (Å²) in [6, 6.07) is 4.74. The minimum Gasteiger partial charge on any atom is -0.411 e. The second-order valence-electron chi connectivity index (χ2n) is 12.4. The van der Waals surface area contributed by atoms with Crippen molar-refractivity contribution in [3.8, 4) is 0 Å². The lowest BCUT2D eigenvalue weighted by Gasteiger charge is -2.52. The molecule has 0 aromatic carbocycles. The normalized spacial score (nSPS) is 28.2. The summed E-state index contributed by atoms with van der Waals surface area (Å²) in [6.07, 6.45) is 6.14. The van der Waals surface area contributed by atoms with Crippen molar-refractivity contribution >= 4 is 31.9 Å². The van der Waals surface area contributed by atoms with Crippen molar-refractivity contribution in [2.24, 2.45) is 0 Å².